The van der Waals surface area contributed by atoms with Gasteiger partial charge in [-0.2, -0.15) is 0 Å². The third kappa shape index (κ3) is 2.99. The van der Waals surface area contributed by atoms with Crippen LogP contribution in [-0.4, -0.2) is 24.3 Å². The number of methoxy groups -OCH3 is 1. The Kier molecular flexibility index (Phi) is 5.44. The van der Waals surface area contributed by atoms with Gasteiger partial charge in [0.25, 0.3) is 0 Å². The summed E-state index contributed by atoms with van der Waals surface area (Å²) in [7, 11) is 1.45. The average molecular weight is 332 g/mol. The molecule has 0 bridgehead atoms. The van der Waals surface area contributed by atoms with E-state index in [-0.39, 0.29) is 23.2 Å². The molecule has 3 heteroatoms. The topological polar surface area (TPSA) is 46.5 Å². The predicted molar refractivity (Wildman–Crippen MR) is 97.4 cm³/mol. The maximum atomic E-state index is 12.6. The number of fused-ring (bicyclic) bond motifs is 1. The van der Waals surface area contributed by atoms with Gasteiger partial charge < -0.3 is 9.84 Å². The maximum absolute atomic E-state index is 12.6. The van der Waals surface area contributed by atoms with Gasteiger partial charge in [0.1, 0.15) is 0 Å². The molecule has 0 saturated heterocycles. The number of aliphatic hydroxyl groups is 1. The Morgan fingerprint density at radius 1 is 1.42 bits per heavy atom. The highest BCUT2D eigenvalue weighted by molar-refractivity contribution is 5.77. The first-order chi connectivity index (χ1) is 11.2. The van der Waals surface area contributed by atoms with Crippen LogP contribution in [0.4, 0.5) is 0 Å². The highest BCUT2D eigenvalue weighted by Crippen LogP contribution is 2.62. The van der Waals surface area contributed by atoms with E-state index >= 15 is 0 Å². The summed E-state index contributed by atoms with van der Waals surface area (Å²) >= 11 is 0. The minimum Gasteiger partial charge on any atom is -0.469 e. The lowest BCUT2D eigenvalue weighted by Gasteiger charge is -2.59. The van der Waals surface area contributed by atoms with Gasteiger partial charge in [0.2, 0.25) is 0 Å². The quantitative estimate of drug-likeness (QED) is 0.470. The van der Waals surface area contributed by atoms with Gasteiger partial charge in [-0.1, -0.05) is 49.8 Å². The second-order valence-electron chi connectivity index (χ2n) is 8.12. The van der Waals surface area contributed by atoms with Crippen LogP contribution in [0.1, 0.15) is 52.9 Å². The van der Waals surface area contributed by atoms with Gasteiger partial charge in [0.05, 0.1) is 18.6 Å². The van der Waals surface area contributed by atoms with Gasteiger partial charge in [-0.15, -0.1) is 0 Å². The Labute approximate surface area is 146 Å². The molecule has 0 aliphatic heterocycles. The number of hydrogen-bond acceptors (Lipinski definition) is 3. The minimum absolute atomic E-state index is 0.0980. The van der Waals surface area contributed by atoms with Crippen molar-refractivity contribution in [2.45, 2.75) is 59.0 Å². The number of rotatable bonds is 4. The highest BCUT2D eigenvalue weighted by Gasteiger charge is 2.60. The van der Waals surface area contributed by atoms with Crippen molar-refractivity contribution >= 4 is 5.97 Å². The summed E-state index contributed by atoms with van der Waals surface area (Å²) in [5.41, 5.74) is 1.48. The molecule has 134 valence electrons. The molecule has 2 aliphatic rings. The molecule has 0 amide bonds. The van der Waals surface area contributed by atoms with E-state index in [0.29, 0.717) is 6.42 Å². The van der Waals surface area contributed by atoms with Crippen molar-refractivity contribution in [3.63, 3.8) is 0 Å². The third-order valence-corrected chi connectivity index (χ3v) is 6.60. The Bertz CT molecular complexity index is 561. The summed E-state index contributed by atoms with van der Waals surface area (Å²) in [6, 6.07) is 0. The molecule has 0 radical (unpaired) electrons. The first-order valence-corrected chi connectivity index (χ1v) is 8.94. The van der Waals surface area contributed by atoms with Gasteiger partial charge >= 0.3 is 5.97 Å². The second-order valence-corrected chi connectivity index (χ2v) is 8.12. The summed E-state index contributed by atoms with van der Waals surface area (Å²) < 4.78 is 5.12. The van der Waals surface area contributed by atoms with Crippen LogP contribution in [0.15, 0.2) is 36.5 Å². The fourth-order valence-corrected chi connectivity index (χ4v) is 5.41. The molecule has 0 spiro atoms. The molecule has 24 heavy (non-hydrogen) atoms. The smallest absolute Gasteiger partial charge is 0.311 e. The molecular weight excluding hydrogens is 300 g/mol. The molecule has 2 saturated carbocycles. The van der Waals surface area contributed by atoms with Crippen LogP contribution in [0.5, 0.6) is 0 Å². The normalized spacial score (nSPS) is 40.0. The van der Waals surface area contributed by atoms with Crippen molar-refractivity contribution in [3.05, 3.63) is 36.5 Å². The molecule has 2 rings (SSSR count). The van der Waals surface area contributed by atoms with E-state index in [2.05, 4.69) is 26.2 Å². The van der Waals surface area contributed by atoms with Gasteiger partial charge in [-0.25, -0.2) is 0 Å². The molecule has 2 fully saturated rings. The van der Waals surface area contributed by atoms with Gasteiger partial charge in [-0.3, -0.25) is 4.79 Å². The average Bonchev–Trinajstić information content (AvgIpc) is 2.52. The Morgan fingerprint density at radius 3 is 2.67 bits per heavy atom. The standard InChI is InChI=1S/C21H32O3/c1-7-14(2)9-10-16-15(3)13-17(22)18-20(16,4)11-8-12-21(18,5)19(23)24-6/h7,9,16-18,22H,1,3,8,10-13H2,2,4-6H3. The lowest BCUT2D eigenvalue weighted by molar-refractivity contribution is -0.179. The molecule has 2 aliphatic carbocycles. The van der Waals surface area contributed by atoms with E-state index in [4.69, 9.17) is 4.74 Å². The summed E-state index contributed by atoms with van der Waals surface area (Å²) in [6.07, 6.45) is 7.73. The lowest BCUT2D eigenvalue weighted by Crippen LogP contribution is -2.58. The molecule has 3 nitrogen and oxygen atoms in total. The van der Waals surface area contributed by atoms with Crippen LogP contribution in [0.25, 0.3) is 0 Å². The maximum Gasteiger partial charge on any atom is 0.311 e. The number of aliphatic hydroxyl groups excluding tert-OH is 1. The number of allylic oxidation sites excluding steroid dienone is 3. The molecule has 0 heterocycles. The first-order valence-electron chi connectivity index (χ1n) is 8.94. The van der Waals surface area contributed by atoms with Crippen LogP contribution < -0.4 is 0 Å². The lowest BCUT2D eigenvalue weighted by atomic mass is 9.46. The zero-order chi connectivity index (χ0) is 18.1. The highest BCUT2D eigenvalue weighted by atomic mass is 16.5. The van der Waals surface area contributed by atoms with E-state index < -0.39 is 11.5 Å². The van der Waals surface area contributed by atoms with Crippen molar-refractivity contribution < 1.29 is 14.6 Å². The minimum atomic E-state index is -0.628. The van der Waals surface area contributed by atoms with Crippen molar-refractivity contribution in [2.75, 3.05) is 7.11 Å². The fourth-order valence-electron chi connectivity index (χ4n) is 5.41. The first kappa shape index (κ1) is 19.0. The van der Waals surface area contributed by atoms with Gasteiger partial charge in [-0.05, 0) is 50.9 Å². The Morgan fingerprint density at radius 2 is 2.08 bits per heavy atom. The number of ether oxygens (including phenoxy) is 1. The van der Waals surface area contributed by atoms with Gasteiger partial charge in [0.15, 0.2) is 0 Å². The molecule has 1 N–H and O–H groups in total. The molecule has 0 aromatic carbocycles. The zero-order valence-corrected chi connectivity index (χ0v) is 15.6. The van der Waals surface area contributed by atoms with Crippen molar-refractivity contribution in [2.24, 2.45) is 22.7 Å². The monoisotopic (exact) mass is 332 g/mol. The summed E-state index contributed by atoms with van der Waals surface area (Å²) in [4.78, 5) is 12.6. The van der Waals surface area contributed by atoms with E-state index in [0.717, 1.165) is 36.8 Å². The van der Waals surface area contributed by atoms with Gasteiger partial charge in [0, 0.05) is 5.92 Å². The zero-order valence-electron chi connectivity index (χ0n) is 15.6. The summed E-state index contributed by atoms with van der Waals surface area (Å²) in [5, 5.41) is 10.9. The molecule has 5 atom stereocenters. The van der Waals surface area contributed by atoms with E-state index in [1.165, 1.54) is 7.11 Å². The van der Waals surface area contributed by atoms with Crippen LogP contribution in [0.3, 0.4) is 0 Å². The summed E-state index contributed by atoms with van der Waals surface area (Å²) in [6.45, 7) is 14.3. The number of esters is 1. The summed E-state index contributed by atoms with van der Waals surface area (Å²) in [5.74, 6) is -0.0224. The van der Waals surface area contributed by atoms with Crippen molar-refractivity contribution in [1.29, 1.82) is 0 Å². The molecule has 0 aromatic rings. The SMILES string of the molecule is C=CC(C)=CCC1C(=C)CC(O)C2C(C)(C(=O)OC)CCCC12C. The number of carbonyl (C=O) groups excluding carboxylic acids is 1. The van der Waals surface area contributed by atoms with E-state index in [9.17, 15) is 9.90 Å². The van der Waals surface area contributed by atoms with Crippen molar-refractivity contribution in [3.8, 4) is 0 Å². The van der Waals surface area contributed by atoms with Crippen LogP contribution >= 0.6 is 0 Å². The fraction of sp³-hybridized carbons (Fsp3) is 0.667. The van der Waals surface area contributed by atoms with Crippen LogP contribution in [0.2, 0.25) is 0 Å². The number of hydrogen-bond donors (Lipinski definition) is 1. The largest absolute Gasteiger partial charge is 0.469 e. The predicted octanol–water partition coefficient (Wildman–Crippen LogP) is 4.43. The molecular formula is C21H32O3. The third-order valence-electron chi connectivity index (χ3n) is 6.60. The molecule has 5 unspecified atom stereocenters. The van der Waals surface area contributed by atoms with E-state index in [1.807, 2.05) is 19.9 Å². The number of carbonyl (C=O) groups is 1. The van der Waals surface area contributed by atoms with Crippen molar-refractivity contribution in [1.82, 2.24) is 0 Å². The van der Waals surface area contributed by atoms with Crippen LogP contribution in [0, 0.1) is 22.7 Å². The van der Waals surface area contributed by atoms with E-state index in [1.54, 1.807) is 0 Å². The Hall–Kier alpha value is -1.35. The van der Waals surface area contributed by atoms with Crippen LogP contribution in [-0.2, 0) is 9.53 Å². The molecule has 0 aromatic heterocycles. The Balaban J connectivity index is 2.44. The second kappa shape index (κ2) is 6.87.